The Bertz CT molecular complexity index is 372. The molecule has 1 aromatic rings. The molecule has 0 radical (unpaired) electrons. The molecule has 2 aliphatic carbocycles. The van der Waals surface area contributed by atoms with Gasteiger partial charge in [-0.25, -0.2) is 0 Å². The molecule has 1 fully saturated rings. The van der Waals surface area contributed by atoms with E-state index in [0.29, 0.717) is 12.1 Å². The second-order valence-electron chi connectivity index (χ2n) is 5.60. The summed E-state index contributed by atoms with van der Waals surface area (Å²) in [5, 5.41) is 3.73. The van der Waals surface area contributed by atoms with E-state index in [4.69, 9.17) is 4.74 Å². The molecule has 1 saturated carbocycles. The van der Waals surface area contributed by atoms with Gasteiger partial charge in [-0.15, -0.1) is 11.3 Å². The van der Waals surface area contributed by atoms with Crippen LogP contribution in [0.4, 0.5) is 0 Å². The largest absolute Gasteiger partial charge is 0.381 e. The highest BCUT2D eigenvalue weighted by Gasteiger charge is 2.21. The molecule has 100 valence electrons. The smallest absolute Gasteiger partial charge is 0.0572 e. The van der Waals surface area contributed by atoms with E-state index in [-0.39, 0.29) is 0 Å². The van der Waals surface area contributed by atoms with Crippen LogP contribution in [0.15, 0.2) is 6.07 Å². The lowest BCUT2D eigenvalue weighted by Gasteiger charge is -2.28. The molecule has 0 aliphatic heterocycles. The van der Waals surface area contributed by atoms with Gasteiger partial charge >= 0.3 is 0 Å². The second-order valence-corrected chi connectivity index (χ2v) is 6.83. The van der Waals surface area contributed by atoms with E-state index in [1.54, 1.807) is 10.4 Å². The minimum absolute atomic E-state index is 0.508. The number of rotatable bonds is 4. The number of fused-ring (bicyclic) bond motifs is 1. The summed E-state index contributed by atoms with van der Waals surface area (Å²) in [6.07, 6.45) is 9.48. The SMILES string of the molecule is COC1CCC(NCc2cc3c(s2)CCC3)CC1. The van der Waals surface area contributed by atoms with Crippen LogP contribution in [0.2, 0.25) is 0 Å². The molecule has 1 aromatic heterocycles. The van der Waals surface area contributed by atoms with Gasteiger partial charge in [-0.1, -0.05) is 0 Å². The van der Waals surface area contributed by atoms with Crippen molar-refractivity contribution in [3.63, 3.8) is 0 Å². The molecule has 0 spiro atoms. The van der Waals surface area contributed by atoms with Crippen LogP contribution in [0.5, 0.6) is 0 Å². The lowest BCUT2D eigenvalue weighted by molar-refractivity contribution is 0.0624. The van der Waals surface area contributed by atoms with Gasteiger partial charge in [0.15, 0.2) is 0 Å². The molecule has 3 rings (SSSR count). The molecular weight excluding hydrogens is 242 g/mol. The maximum Gasteiger partial charge on any atom is 0.0572 e. The lowest BCUT2D eigenvalue weighted by Crippen LogP contribution is -2.34. The van der Waals surface area contributed by atoms with Crippen LogP contribution in [-0.2, 0) is 24.1 Å². The summed E-state index contributed by atoms with van der Waals surface area (Å²) in [4.78, 5) is 3.18. The highest BCUT2D eigenvalue weighted by Crippen LogP contribution is 2.30. The zero-order chi connectivity index (χ0) is 12.4. The predicted molar refractivity (Wildman–Crippen MR) is 76.2 cm³/mol. The Balaban J connectivity index is 1.46. The number of hydrogen-bond donors (Lipinski definition) is 1. The van der Waals surface area contributed by atoms with Crippen LogP contribution in [0, 0.1) is 0 Å². The van der Waals surface area contributed by atoms with Crippen LogP contribution in [0.3, 0.4) is 0 Å². The first-order chi connectivity index (χ1) is 8.85. The molecule has 0 saturated heterocycles. The Morgan fingerprint density at radius 1 is 1.28 bits per heavy atom. The maximum absolute atomic E-state index is 5.42. The minimum Gasteiger partial charge on any atom is -0.381 e. The van der Waals surface area contributed by atoms with Gasteiger partial charge in [-0.05, 0) is 56.6 Å². The Hall–Kier alpha value is -0.380. The second kappa shape index (κ2) is 5.72. The quantitative estimate of drug-likeness (QED) is 0.902. The lowest BCUT2D eigenvalue weighted by atomic mass is 9.93. The van der Waals surface area contributed by atoms with Crippen molar-refractivity contribution in [2.45, 2.75) is 63.6 Å². The van der Waals surface area contributed by atoms with Crippen LogP contribution in [0.25, 0.3) is 0 Å². The van der Waals surface area contributed by atoms with Crippen molar-refractivity contribution in [1.29, 1.82) is 0 Å². The Labute approximate surface area is 114 Å². The molecule has 0 unspecified atom stereocenters. The summed E-state index contributed by atoms with van der Waals surface area (Å²) in [5.41, 5.74) is 1.62. The first-order valence-corrected chi connectivity index (χ1v) is 8.03. The summed E-state index contributed by atoms with van der Waals surface area (Å²) in [6, 6.07) is 3.13. The average Bonchev–Trinajstić information content (AvgIpc) is 2.97. The van der Waals surface area contributed by atoms with Gasteiger partial charge < -0.3 is 10.1 Å². The highest BCUT2D eigenvalue weighted by molar-refractivity contribution is 7.12. The molecule has 3 heteroatoms. The van der Waals surface area contributed by atoms with Crippen molar-refractivity contribution < 1.29 is 4.74 Å². The summed E-state index contributed by atoms with van der Waals surface area (Å²) in [5.74, 6) is 0. The third-order valence-corrected chi connectivity index (χ3v) is 5.61. The van der Waals surface area contributed by atoms with Crippen LogP contribution < -0.4 is 5.32 Å². The molecule has 0 amide bonds. The summed E-state index contributed by atoms with van der Waals surface area (Å²) in [6.45, 7) is 1.07. The molecule has 1 heterocycles. The monoisotopic (exact) mass is 265 g/mol. The van der Waals surface area contributed by atoms with Crippen LogP contribution in [0.1, 0.15) is 47.4 Å². The van der Waals surface area contributed by atoms with Crippen molar-refractivity contribution >= 4 is 11.3 Å². The topological polar surface area (TPSA) is 21.3 Å². The van der Waals surface area contributed by atoms with Crippen molar-refractivity contribution in [1.82, 2.24) is 5.32 Å². The molecule has 18 heavy (non-hydrogen) atoms. The number of thiophene rings is 1. The van der Waals surface area contributed by atoms with E-state index in [1.807, 2.05) is 18.4 Å². The van der Waals surface area contributed by atoms with Gasteiger partial charge in [-0.2, -0.15) is 0 Å². The molecule has 0 bridgehead atoms. The van der Waals surface area contributed by atoms with Gasteiger partial charge in [0.25, 0.3) is 0 Å². The summed E-state index contributed by atoms with van der Waals surface area (Å²) >= 11 is 2.03. The van der Waals surface area contributed by atoms with Crippen molar-refractivity contribution in [3.05, 3.63) is 21.4 Å². The van der Waals surface area contributed by atoms with Gasteiger partial charge in [-0.3, -0.25) is 0 Å². The zero-order valence-corrected chi connectivity index (χ0v) is 12.0. The Morgan fingerprint density at radius 2 is 2.11 bits per heavy atom. The van der Waals surface area contributed by atoms with Gasteiger partial charge in [0.05, 0.1) is 6.10 Å². The van der Waals surface area contributed by atoms with Crippen molar-refractivity contribution in [3.8, 4) is 0 Å². The fraction of sp³-hybridized carbons (Fsp3) is 0.733. The zero-order valence-electron chi connectivity index (χ0n) is 11.2. The van der Waals surface area contributed by atoms with Crippen LogP contribution in [-0.4, -0.2) is 19.3 Å². The van der Waals surface area contributed by atoms with E-state index >= 15 is 0 Å². The normalized spacial score (nSPS) is 27.4. The van der Waals surface area contributed by atoms with E-state index in [1.165, 1.54) is 49.8 Å². The number of nitrogens with one attached hydrogen (secondary N) is 1. The third-order valence-electron chi connectivity index (χ3n) is 4.37. The fourth-order valence-corrected chi connectivity index (χ4v) is 4.44. The van der Waals surface area contributed by atoms with Gasteiger partial charge in [0.1, 0.15) is 0 Å². The van der Waals surface area contributed by atoms with E-state index in [2.05, 4.69) is 11.4 Å². The maximum atomic E-state index is 5.42. The Kier molecular flexibility index (Phi) is 4.02. The van der Waals surface area contributed by atoms with E-state index in [9.17, 15) is 0 Å². The molecule has 1 N–H and O–H groups in total. The van der Waals surface area contributed by atoms with E-state index in [0.717, 1.165) is 6.54 Å². The molecule has 2 nitrogen and oxygen atoms in total. The molecular formula is C15H23NOS. The van der Waals surface area contributed by atoms with Crippen molar-refractivity contribution in [2.75, 3.05) is 7.11 Å². The summed E-state index contributed by atoms with van der Waals surface area (Å²) in [7, 11) is 1.84. The first-order valence-electron chi connectivity index (χ1n) is 7.22. The minimum atomic E-state index is 0.508. The third kappa shape index (κ3) is 2.79. The van der Waals surface area contributed by atoms with Gasteiger partial charge in [0.2, 0.25) is 0 Å². The van der Waals surface area contributed by atoms with Gasteiger partial charge in [0, 0.05) is 29.5 Å². The number of hydrogen-bond acceptors (Lipinski definition) is 3. The van der Waals surface area contributed by atoms with Crippen LogP contribution >= 0.6 is 11.3 Å². The summed E-state index contributed by atoms with van der Waals surface area (Å²) < 4.78 is 5.42. The predicted octanol–water partition coefficient (Wildman–Crippen LogP) is 3.28. The molecule has 0 aromatic carbocycles. The number of aryl methyl sites for hydroxylation is 2. The molecule has 2 aliphatic rings. The Morgan fingerprint density at radius 3 is 2.83 bits per heavy atom. The highest BCUT2D eigenvalue weighted by atomic mass is 32.1. The van der Waals surface area contributed by atoms with Crippen molar-refractivity contribution in [2.24, 2.45) is 0 Å². The number of ether oxygens (including phenoxy) is 1. The first kappa shape index (κ1) is 12.6. The number of methoxy groups -OCH3 is 1. The molecule has 0 atom stereocenters. The fourth-order valence-electron chi connectivity index (χ4n) is 3.23. The standard InChI is InChI=1S/C15H23NOS/c1-17-13-7-5-12(6-8-13)16-10-14-9-11-3-2-4-15(11)18-14/h9,12-13,16H,2-8,10H2,1H3. The van der Waals surface area contributed by atoms with E-state index < -0.39 is 0 Å². The average molecular weight is 265 g/mol.